The normalized spacial score (nSPS) is 31.1. The molecule has 160 valence electrons. The van der Waals surface area contributed by atoms with Gasteiger partial charge in [-0.05, 0) is 94.1 Å². The van der Waals surface area contributed by atoms with Crippen molar-refractivity contribution in [3.63, 3.8) is 0 Å². The highest BCUT2D eigenvalue weighted by Crippen LogP contribution is 2.59. The first-order valence-corrected chi connectivity index (χ1v) is 11.6. The molecule has 4 saturated carbocycles. The molecule has 0 aromatic carbocycles. The SMILES string of the molecule is C[C@H](O)CNCCCc1nccc(C(=O)NCC23CC4CC(CC(C4)C2)C3)c1Cl. The Morgan fingerprint density at radius 1 is 1.28 bits per heavy atom. The molecular formula is C23H34ClN3O2. The molecule has 3 N–H and O–H groups in total. The number of pyridine rings is 1. The van der Waals surface area contributed by atoms with Crippen molar-refractivity contribution in [1.29, 1.82) is 0 Å². The van der Waals surface area contributed by atoms with Crippen molar-refractivity contribution < 1.29 is 9.90 Å². The van der Waals surface area contributed by atoms with Gasteiger partial charge in [-0.1, -0.05) is 11.6 Å². The summed E-state index contributed by atoms with van der Waals surface area (Å²) >= 11 is 6.54. The summed E-state index contributed by atoms with van der Waals surface area (Å²) in [5, 5.41) is 16.2. The number of aryl methyl sites for hydroxylation is 1. The van der Waals surface area contributed by atoms with Gasteiger partial charge < -0.3 is 15.7 Å². The van der Waals surface area contributed by atoms with E-state index < -0.39 is 0 Å². The minimum absolute atomic E-state index is 0.0679. The predicted molar refractivity (Wildman–Crippen MR) is 115 cm³/mol. The lowest BCUT2D eigenvalue weighted by molar-refractivity contribution is -0.0503. The maximum absolute atomic E-state index is 12.9. The first-order chi connectivity index (χ1) is 13.9. The maximum Gasteiger partial charge on any atom is 0.252 e. The van der Waals surface area contributed by atoms with Gasteiger partial charge in [-0.3, -0.25) is 9.78 Å². The third-order valence-corrected chi connectivity index (χ3v) is 7.62. The van der Waals surface area contributed by atoms with E-state index in [1.165, 1.54) is 38.5 Å². The quantitative estimate of drug-likeness (QED) is 0.535. The molecule has 4 aliphatic carbocycles. The number of carbonyl (C=O) groups is 1. The number of nitrogens with one attached hydrogen (secondary N) is 2. The van der Waals surface area contributed by atoms with E-state index in [4.69, 9.17) is 11.6 Å². The highest BCUT2D eigenvalue weighted by Gasteiger charge is 2.50. The molecule has 5 nitrogen and oxygen atoms in total. The second-order valence-electron chi connectivity index (χ2n) is 9.88. The summed E-state index contributed by atoms with van der Waals surface area (Å²) in [5.74, 6) is 2.59. The fourth-order valence-corrected chi connectivity index (χ4v) is 6.69. The highest BCUT2D eigenvalue weighted by molar-refractivity contribution is 6.34. The van der Waals surface area contributed by atoms with E-state index in [2.05, 4.69) is 15.6 Å². The van der Waals surface area contributed by atoms with E-state index in [-0.39, 0.29) is 12.0 Å². The van der Waals surface area contributed by atoms with Crippen LogP contribution in [0.2, 0.25) is 5.02 Å². The molecule has 1 amide bonds. The largest absolute Gasteiger partial charge is 0.392 e. The van der Waals surface area contributed by atoms with E-state index in [0.717, 1.165) is 43.0 Å². The average molecular weight is 420 g/mol. The Kier molecular flexibility index (Phi) is 6.47. The van der Waals surface area contributed by atoms with Gasteiger partial charge in [-0.15, -0.1) is 0 Å². The Hall–Kier alpha value is -1.17. The van der Waals surface area contributed by atoms with Gasteiger partial charge in [-0.2, -0.15) is 0 Å². The van der Waals surface area contributed by atoms with E-state index in [1.54, 1.807) is 19.2 Å². The molecular weight excluding hydrogens is 386 g/mol. The lowest BCUT2D eigenvalue weighted by atomic mass is 9.49. The van der Waals surface area contributed by atoms with Gasteiger partial charge in [0.15, 0.2) is 0 Å². The molecule has 0 saturated heterocycles. The zero-order chi connectivity index (χ0) is 20.4. The monoisotopic (exact) mass is 419 g/mol. The topological polar surface area (TPSA) is 74.2 Å². The number of carbonyl (C=O) groups excluding carboxylic acids is 1. The van der Waals surface area contributed by atoms with Crippen LogP contribution in [0.25, 0.3) is 0 Å². The van der Waals surface area contributed by atoms with Crippen molar-refractivity contribution in [3.05, 3.63) is 28.5 Å². The van der Waals surface area contributed by atoms with Gasteiger partial charge in [0, 0.05) is 19.3 Å². The summed E-state index contributed by atoms with van der Waals surface area (Å²) in [4.78, 5) is 17.3. The van der Waals surface area contributed by atoms with Crippen LogP contribution in [0.3, 0.4) is 0 Å². The standard InChI is InChI=1S/C23H34ClN3O2/c1-15(28)13-25-5-2-3-20-21(24)19(4-6-26-20)22(29)27-14-23-10-16-7-17(11-23)9-18(8-16)12-23/h4,6,15-18,25,28H,2-3,5,7-14H2,1H3,(H,27,29)/t15-,16?,17?,18?,23?/m0/s1. The van der Waals surface area contributed by atoms with Crippen molar-refractivity contribution >= 4 is 17.5 Å². The molecule has 1 aromatic rings. The number of rotatable bonds is 9. The number of hydrogen-bond acceptors (Lipinski definition) is 4. The zero-order valence-corrected chi connectivity index (χ0v) is 18.2. The third-order valence-electron chi connectivity index (χ3n) is 7.20. The van der Waals surface area contributed by atoms with Crippen LogP contribution >= 0.6 is 11.6 Å². The second kappa shape index (κ2) is 8.91. The van der Waals surface area contributed by atoms with Crippen molar-refractivity contribution in [2.75, 3.05) is 19.6 Å². The van der Waals surface area contributed by atoms with E-state index in [1.807, 2.05) is 0 Å². The predicted octanol–water partition coefficient (Wildman–Crippen LogP) is 3.58. The Bertz CT molecular complexity index is 702. The first-order valence-electron chi connectivity index (χ1n) is 11.2. The molecule has 29 heavy (non-hydrogen) atoms. The molecule has 4 aliphatic rings. The van der Waals surface area contributed by atoms with Crippen LogP contribution in [-0.2, 0) is 6.42 Å². The van der Waals surface area contributed by atoms with Gasteiger partial charge in [0.05, 0.1) is 22.4 Å². The van der Waals surface area contributed by atoms with Gasteiger partial charge in [0.1, 0.15) is 0 Å². The zero-order valence-electron chi connectivity index (χ0n) is 17.4. The summed E-state index contributed by atoms with van der Waals surface area (Å²) < 4.78 is 0. The van der Waals surface area contributed by atoms with E-state index >= 15 is 0 Å². The number of aliphatic hydroxyl groups excluding tert-OH is 1. The number of aliphatic hydroxyl groups is 1. The minimum Gasteiger partial charge on any atom is -0.392 e. The van der Waals surface area contributed by atoms with Crippen LogP contribution in [0, 0.1) is 23.2 Å². The summed E-state index contributed by atoms with van der Waals surface area (Å²) in [6.07, 6.45) is 11.0. The molecule has 5 rings (SSSR count). The summed E-state index contributed by atoms with van der Waals surface area (Å²) in [6.45, 7) is 3.91. The number of hydrogen-bond donors (Lipinski definition) is 3. The third kappa shape index (κ3) is 4.95. The second-order valence-corrected chi connectivity index (χ2v) is 10.3. The van der Waals surface area contributed by atoms with Crippen molar-refractivity contribution in [2.45, 2.75) is 64.4 Å². The van der Waals surface area contributed by atoms with Crippen LogP contribution in [0.4, 0.5) is 0 Å². The Labute approximate surface area is 179 Å². The molecule has 0 unspecified atom stereocenters. The summed E-state index contributed by atoms with van der Waals surface area (Å²) in [7, 11) is 0. The minimum atomic E-state index is -0.349. The van der Waals surface area contributed by atoms with Gasteiger partial charge in [0.25, 0.3) is 5.91 Å². The molecule has 0 radical (unpaired) electrons. The molecule has 1 aromatic heterocycles. The van der Waals surface area contributed by atoms with Crippen LogP contribution < -0.4 is 10.6 Å². The maximum atomic E-state index is 12.9. The molecule has 0 aliphatic heterocycles. The van der Waals surface area contributed by atoms with Crippen LogP contribution in [0.5, 0.6) is 0 Å². The summed E-state index contributed by atoms with van der Waals surface area (Å²) in [6, 6.07) is 1.73. The molecule has 1 atom stereocenters. The fourth-order valence-electron chi connectivity index (χ4n) is 6.40. The first kappa shape index (κ1) is 21.1. The van der Waals surface area contributed by atoms with Gasteiger partial charge >= 0.3 is 0 Å². The van der Waals surface area contributed by atoms with Crippen molar-refractivity contribution in [3.8, 4) is 0 Å². The van der Waals surface area contributed by atoms with Crippen molar-refractivity contribution in [2.24, 2.45) is 23.2 Å². The smallest absolute Gasteiger partial charge is 0.252 e. The Morgan fingerprint density at radius 3 is 2.55 bits per heavy atom. The molecule has 0 spiro atoms. The molecule has 4 fully saturated rings. The molecule has 4 bridgehead atoms. The van der Waals surface area contributed by atoms with Crippen LogP contribution in [0.1, 0.15) is 67.9 Å². The number of nitrogens with zero attached hydrogens (tertiary/aromatic N) is 1. The Morgan fingerprint density at radius 2 is 1.93 bits per heavy atom. The highest BCUT2D eigenvalue weighted by atomic mass is 35.5. The number of amides is 1. The Balaban J connectivity index is 1.32. The lowest BCUT2D eigenvalue weighted by Crippen LogP contribution is -2.51. The molecule has 1 heterocycles. The molecule has 6 heteroatoms. The van der Waals surface area contributed by atoms with Gasteiger partial charge in [-0.25, -0.2) is 0 Å². The number of halogens is 1. The van der Waals surface area contributed by atoms with E-state index in [0.29, 0.717) is 29.0 Å². The number of aromatic nitrogens is 1. The van der Waals surface area contributed by atoms with Crippen molar-refractivity contribution in [1.82, 2.24) is 15.6 Å². The van der Waals surface area contributed by atoms with E-state index in [9.17, 15) is 9.90 Å². The lowest BCUT2D eigenvalue weighted by Gasteiger charge is -2.56. The fraction of sp³-hybridized carbons (Fsp3) is 0.739. The summed E-state index contributed by atoms with van der Waals surface area (Å²) in [5.41, 5.74) is 1.63. The average Bonchev–Trinajstić information content (AvgIpc) is 2.66. The van der Waals surface area contributed by atoms with Crippen LogP contribution in [-0.4, -0.2) is 41.7 Å². The van der Waals surface area contributed by atoms with Gasteiger partial charge in [0.2, 0.25) is 0 Å². The van der Waals surface area contributed by atoms with Crippen LogP contribution in [0.15, 0.2) is 12.3 Å².